The number of nitrogens with zero attached hydrogens (tertiary/aromatic N) is 2. The number of aromatic nitrogens is 2. The highest BCUT2D eigenvalue weighted by molar-refractivity contribution is 5.76. The van der Waals surface area contributed by atoms with E-state index in [-0.39, 0.29) is 11.9 Å². The van der Waals surface area contributed by atoms with Crippen molar-refractivity contribution in [2.75, 3.05) is 0 Å². The second-order valence-corrected chi connectivity index (χ2v) is 5.95. The number of aryl methyl sites for hydroxylation is 2. The summed E-state index contributed by atoms with van der Waals surface area (Å²) in [4.78, 5) is 12.2. The summed E-state index contributed by atoms with van der Waals surface area (Å²) in [5.41, 5.74) is 3.90. The summed E-state index contributed by atoms with van der Waals surface area (Å²) in [5.74, 6) is 0.548. The topological polar surface area (TPSA) is 46.9 Å². The zero-order valence-corrected chi connectivity index (χ0v) is 12.5. The molecule has 2 atom stereocenters. The largest absolute Gasteiger partial charge is 0.349 e. The first-order valence-electron chi connectivity index (χ1n) is 7.49. The number of hydrogen-bond donors (Lipinski definition) is 1. The predicted octanol–water partition coefficient (Wildman–Crippen LogP) is 2.63. The number of carbonyl (C=O) groups excluding carboxylic acids is 1. The molecular formula is C17H21N3O. The van der Waals surface area contributed by atoms with E-state index in [1.54, 1.807) is 10.9 Å². The van der Waals surface area contributed by atoms with Gasteiger partial charge in [-0.2, -0.15) is 5.10 Å². The van der Waals surface area contributed by atoms with Gasteiger partial charge in [0.05, 0.1) is 6.04 Å². The van der Waals surface area contributed by atoms with Gasteiger partial charge in [-0.15, -0.1) is 0 Å². The van der Waals surface area contributed by atoms with Crippen molar-refractivity contribution in [3.63, 3.8) is 0 Å². The molecule has 0 bridgehead atoms. The van der Waals surface area contributed by atoms with Gasteiger partial charge in [0, 0.05) is 25.4 Å². The van der Waals surface area contributed by atoms with Gasteiger partial charge in [0.15, 0.2) is 0 Å². The zero-order chi connectivity index (χ0) is 14.8. The molecule has 0 aliphatic heterocycles. The minimum Gasteiger partial charge on any atom is -0.349 e. The van der Waals surface area contributed by atoms with Crippen LogP contribution in [0, 0.1) is 12.8 Å². The molecule has 1 aromatic heterocycles. The Balaban J connectivity index is 1.65. The molecule has 1 aliphatic carbocycles. The lowest BCUT2D eigenvalue weighted by Crippen LogP contribution is -2.31. The van der Waals surface area contributed by atoms with Crippen molar-refractivity contribution in [3.8, 4) is 0 Å². The molecule has 4 nitrogen and oxygen atoms in total. The normalized spacial score (nSPS) is 20.3. The molecule has 1 heterocycles. The Hall–Kier alpha value is -2.10. The van der Waals surface area contributed by atoms with Gasteiger partial charge in [-0.3, -0.25) is 9.48 Å². The zero-order valence-electron chi connectivity index (χ0n) is 12.5. The predicted molar refractivity (Wildman–Crippen MR) is 81.8 cm³/mol. The summed E-state index contributed by atoms with van der Waals surface area (Å²) in [7, 11) is 0. The fraction of sp³-hybridized carbons (Fsp3) is 0.412. The molecule has 0 saturated heterocycles. The van der Waals surface area contributed by atoms with Crippen LogP contribution in [-0.2, 0) is 17.8 Å². The van der Waals surface area contributed by atoms with Gasteiger partial charge in [-0.1, -0.05) is 30.7 Å². The number of hydrogen-bond acceptors (Lipinski definition) is 2. The maximum Gasteiger partial charge on any atom is 0.222 e. The molecule has 4 heteroatoms. The van der Waals surface area contributed by atoms with Gasteiger partial charge in [-0.05, 0) is 36.5 Å². The van der Waals surface area contributed by atoms with Gasteiger partial charge < -0.3 is 5.32 Å². The molecule has 0 saturated carbocycles. The van der Waals surface area contributed by atoms with E-state index in [1.807, 2.05) is 12.3 Å². The molecule has 1 aliphatic rings. The molecule has 1 aromatic carbocycles. The molecular weight excluding hydrogens is 262 g/mol. The minimum absolute atomic E-state index is 0.0942. The number of rotatable bonds is 4. The van der Waals surface area contributed by atoms with E-state index in [0.717, 1.165) is 6.42 Å². The third-order valence-corrected chi connectivity index (χ3v) is 4.19. The summed E-state index contributed by atoms with van der Waals surface area (Å²) in [6.07, 6.45) is 5.12. The number of amides is 1. The van der Waals surface area contributed by atoms with Crippen molar-refractivity contribution in [2.45, 2.75) is 39.3 Å². The standard InChI is InChI=1S/C17H21N3O/c1-12-4-5-14-11-13(2)17(15(14)10-12)19-16(21)6-9-20-8-3-7-18-20/h3-5,7-8,10,13,17H,6,9,11H2,1-2H3,(H,19,21)/t13-,17-/m0/s1. The molecule has 3 rings (SSSR count). The Kier molecular flexibility index (Phi) is 3.78. The highest BCUT2D eigenvalue weighted by Crippen LogP contribution is 2.36. The summed E-state index contributed by atoms with van der Waals surface area (Å²) < 4.78 is 1.79. The van der Waals surface area contributed by atoms with Crippen molar-refractivity contribution in [1.29, 1.82) is 0 Å². The maximum atomic E-state index is 12.2. The molecule has 1 amide bonds. The van der Waals surface area contributed by atoms with Gasteiger partial charge in [0.1, 0.15) is 0 Å². The maximum absolute atomic E-state index is 12.2. The van der Waals surface area contributed by atoms with Crippen LogP contribution in [0.3, 0.4) is 0 Å². The monoisotopic (exact) mass is 283 g/mol. The van der Waals surface area contributed by atoms with Crippen LogP contribution in [0.4, 0.5) is 0 Å². The highest BCUT2D eigenvalue weighted by Gasteiger charge is 2.30. The van der Waals surface area contributed by atoms with E-state index >= 15 is 0 Å². The van der Waals surface area contributed by atoms with Gasteiger partial charge in [-0.25, -0.2) is 0 Å². The van der Waals surface area contributed by atoms with Crippen LogP contribution in [0.5, 0.6) is 0 Å². The highest BCUT2D eigenvalue weighted by atomic mass is 16.1. The van der Waals surface area contributed by atoms with E-state index in [1.165, 1.54) is 16.7 Å². The summed E-state index contributed by atoms with van der Waals surface area (Å²) in [6, 6.07) is 8.56. The van der Waals surface area contributed by atoms with Gasteiger partial charge in [0.2, 0.25) is 5.91 Å². The van der Waals surface area contributed by atoms with Crippen molar-refractivity contribution < 1.29 is 4.79 Å². The molecule has 0 unspecified atom stereocenters. The second kappa shape index (κ2) is 5.72. The Labute approximate surface area is 125 Å². The molecule has 2 aromatic rings. The number of fused-ring (bicyclic) bond motifs is 1. The first-order valence-corrected chi connectivity index (χ1v) is 7.49. The number of benzene rings is 1. The van der Waals surface area contributed by atoms with Crippen molar-refractivity contribution in [2.24, 2.45) is 5.92 Å². The fourth-order valence-corrected chi connectivity index (χ4v) is 3.08. The lowest BCUT2D eigenvalue weighted by atomic mass is 10.0. The van der Waals surface area contributed by atoms with Crippen LogP contribution < -0.4 is 5.32 Å². The van der Waals surface area contributed by atoms with Gasteiger partial charge >= 0.3 is 0 Å². The average molecular weight is 283 g/mol. The van der Waals surface area contributed by atoms with E-state index in [9.17, 15) is 4.79 Å². The van der Waals surface area contributed by atoms with E-state index in [0.29, 0.717) is 18.9 Å². The summed E-state index contributed by atoms with van der Waals surface area (Å²) >= 11 is 0. The first-order chi connectivity index (χ1) is 10.1. The fourth-order valence-electron chi connectivity index (χ4n) is 3.08. The number of nitrogens with one attached hydrogen (secondary N) is 1. The van der Waals surface area contributed by atoms with E-state index < -0.39 is 0 Å². The van der Waals surface area contributed by atoms with Gasteiger partial charge in [0.25, 0.3) is 0 Å². The third kappa shape index (κ3) is 2.99. The van der Waals surface area contributed by atoms with E-state index in [4.69, 9.17) is 0 Å². The smallest absolute Gasteiger partial charge is 0.222 e. The van der Waals surface area contributed by atoms with Crippen molar-refractivity contribution >= 4 is 5.91 Å². The Bertz CT molecular complexity index is 633. The number of carbonyl (C=O) groups is 1. The van der Waals surface area contributed by atoms with Crippen LogP contribution >= 0.6 is 0 Å². The van der Waals surface area contributed by atoms with E-state index in [2.05, 4.69) is 42.5 Å². The van der Waals surface area contributed by atoms with Crippen molar-refractivity contribution in [3.05, 3.63) is 53.3 Å². The first kappa shape index (κ1) is 13.9. The van der Waals surface area contributed by atoms with Crippen LogP contribution in [0.15, 0.2) is 36.7 Å². The molecule has 0 spiro atoms. The Morgan fingerprint density at radius 1 is 1.48 bits per heavy atom. The molecule has 0 fully saturated rings. The molecule has 21 heavy (non-hydrogen) atoms. The lowest BCUT2D eigenvalue weighted by Gasteiger charge is -2.19. The summed E-state index contributed by atoms with van der Waals surface area (Å²) in [5, 5.41) is 7.31. The lowest BCUT2D eigenvalue weighted by molar-refractivity contribution is -0.122. The Morgan fingerprint density at radius 3 is 3.10 bits per heavy atom. The summed E-state index contributed by atoms with van der Waals surface area (Å²) in [6.45, 7) is 4.92. The SMILES string of the molecule is Cc1ccc2c(c1)[C@@H](NC(=O)CCn1cccn1)[C@@H](C)C2. The third-order valence-electron chi connectivity index (χ3n) is 4.19. The average Bonchev–Trinajstić information content (AvgIpc) is 3.06. The Morgan fingerprint density at radius 2 is 2.33 bits per heavy atom. The molecule has 0 radical (unpaired) electrons. The quantitative estimate of drug-likeness (QED) is 0.937. The van der Waals surface area contributed by atoms with Crippen LogP contribution in [0.2, 0.25) is 0 Å². The van der Waals surface area contributed by atoms with Crippen LogP contribution in [-0.4, -0.2) is 15.7 Å². The van der Waals surface area contributed by atoms with Crippen LogP contribution in [0.1, 0.15) is 36.1 Å². The van der Waals surface area contributed by atoms with Crippen LogP contribution in [0.25, 0.3) is 0 Å². The minimum atomic E-state index is 0.0942. The molecule has 1 N–H and O–H groups in total. The van der Waals surface area contributed by atoms with Crippen molar-refractivity contribution in [1.82, 2.24) is 15.1 Å². The molecule has 110 valence electrons. The second-order valence-electron chi connectivity index (χ2n) is 5.95.